The number of hydrogen-bond acceptors (Lipinski definition) is 3. The molecule has 1 aliphatic carbocycles. The maximum atomic E-state index is 11.9. The summed E-state index contributed by atoms with van der Waals surface area (Å²) in [5.74, 6) is 1.51. The van der Waals surface area contributed by atoms with Crippen molar-refractivity contribution in [2.75, 3.05) is 0 Å². The van der Waals surface area contributed by atoms with Gasteiger partial charge in [-0.15, -0.1) is 0 Å². The molecule has 2 N–H and O–H groups in total. The van der Waals surface area contributed by atoms with Gasteiger partial charge in [-0.3, -0.25) is 4.79 Å². The topological polar surface area (TPSA) is 52.3 Å². The Morgan fingerprint density at radius 1 is 1.39 bits per heavy atom. The second kappa shape index (κ2) is 7.13. The highest BCUT2D eigenvalue weighted by atomic mass is 16.5. The van der Waals surface area contributed by atoms with Crippen molar-refractivity contribution in [3.8, 4) is 0 Å². The molecule has 106 valence electrons. The zero-order chi connectivity index (χ0) is 13.7. The van der Waals surface area contributed by atoms with Gasteiger partial charge in [0.2, 0.25) is 0 Å². The van der Waals surface area contributed by atoms with Crippen molar-refractivity contribution in [2.24, 2.45) is 23.5 Å². The number of carbonyl (C=O) groups excluding carboxylic acids is 1. The van der Waals surface area contributed by atoms with Gasteiger partial charge in [0.1, 0.15) is 12.1 Å². The molecule has 0 amide bonds. The van der Waals surface area contributed by atoms with E-state index in [1.807, 2.05) is 6.92 Å². The van der Waals surface area contributed by atoms with Crippen LogP contribution in [0.1, 0.15) is 59.8 Å². The molecule has 0 aromatic heterocycles. The first kappa shape index (κ1) is 15.5. The first-order valence-corrected chi connectivity index (χ1v) is 7.41. The van der Waals surface area contributed by atoms with E-state index in [9.17, 15) is 4.79 Å². The van der Waals surface area contributed by atoms with Crippen LogP contribution < -0.4 is 5.73 Å². The smallest absolute Gasteiger partial charge is 0.323 e. The fraction of sp³-hybridized carbons (Fsp3) is 0.933. The first-order valence-electron chi connectivity index (χ1n) is 7.41. The molecule has 3 unspecified atom stereocenters. The van der Waals surface area contributed by atoms with Crippen LogP contribution in [0.5, 0.6) is 0 Å². The molecule has 4 atom stereocenters. The molecular formula is C15H29NO2. The van der Waals surface area contributed by atoms with Gasteiger partial charge in [-0.2, -0.15) is 0 Å². The lowest BCUT2D eigenvalue weighted by molar-refractivity contribution is -0.157. The molecule has 1 rings (SSSR count). The van der Waals surface area contributed by atoms with Crippen LogP contribution in [0.25, 0.3) is 0 Å². The highest BCUT2D eigenvalue weighted by Gasteiger charge is 2.34. The van der Waals surface area contributed by atoms with Crippen LogP contribution in [0.15, 0.2) is 0 Å². The van der Waals surface area contributed by atoms with Crippen molar-refractivity contribution in [3.05, 3.63) is 0 Å². The summed E-state index contributed by atoms with van der Waals surface area (Å²) in [6, 6.07) is -0.444. The van der Waals surface area contributed by atoms with Crippen LogP contribution in [-0.4, -0.2) is 18.1 Å². The van der Waals surface area contributed by atoms with Gasteiger partial charge in [-0.05, 0) is 37.0 Å². The van der Waals surface area contributed by atoms with Crippen LogP contribution >= 0.6 is 0 Å². The Bertz CT molecular complexity index is 265. The average Bonchev–Trinajstić information content (AvgIpc) is 2.28. The molecule has 0 radical (unpaired) electrons. The zero-order valence-corrected chi connectivity index (χ0v) is 12.3. The second-order valence-electron chi connectivity index (χ2n) is 6.20. The lowest BCUT2D eigenvalue weighted by Crippen LogP contribution is -2.41. The van der Waals surface area contributed by atoms with Gasteiger partial charge < -0.3 is 10.5 Å². The summed E-state index contributed by atoms with van der Waals surface area (Å²) in [5, 5.41) is 0. The predicted molar refractivity (Wildman–Crippen MR) is 74.1 cm³/mol. The number of hydrogen-bond donors (Lipinski definition) is 1. The van der Waals surface area contributed by atoms with E-state index < -0.39 is 6.04 Å². The number of rotatable bonds is 5. The molecule has 0 spiro atoms. The lowest BCUT2D eigenvalue weighted by Gasteiger charge is -2.37. The fourth-order valence-electron chi connectivity index (χ4n) is 2.92. The fourth-order valence-corrected chi connectivity index (χ4v) is 2.92. The van der Waals surface area contributed by atoms with Gasteiger partial charge in [0.05, 0.1) is 0 Å². The minimum atomic E-state index is -0.444. The minimum Gasteiger partial charge on any atom is -0.461 e. The number of carbonyl (C=O) groups is 1. The quantitative estimate of drug-likeness (QED) is 0.768. The Kier molecular flexibility index (Phi) is 6.13. The van der Waals surface area contributed by atoms with Gasteiger partial charge in [-0.1, -0.05) is 40.5 Å². The molecule has 18 heavy (non-hydrogen) atoms. The molecule has 3 heteroatoms. The standard InChI is InChI=1S/C15H29NO2/c1-5-6-13(16)15(17)18-14-9-11(4)7-8-12(14)10(2)3/h10-14H,5-9,16H2,1-4H3/t11?,12?,13-,14?/m1/s1. The average molecular weight is 255 g/mol. The van der Waals surface area contributed by atoms with Crippen LogP contribution in [-0.2, 0) is 9.53 Å². The van der Waals surface area contributed by atoms with Crippen molar-refractivity contribution < 1.29 is 9.53 Å². The van der Waals surface area contributed by atoms with E-state index in [1.165, 1.54) is 12.8 Å². The number of ether oxygens (including phenoxy) is 1. The van der Waals surface area contributed by atoms with Crippen LogP contribution in [0.2, 0.25) is 0 Å². The molecule has 0 aromatic rings. The van der Waals surface area contributed by atoms with Crippen molar-refractivity contribution in [1.82, 2.24) is 0 Å². The number of esters is 1. The summed E-state index contributed by atoms with van der Waals surface area (Å²) in [6.07, 6.45) is 5.12. The maximum Gasteiger partial charge on any atom is 0.323 e. The molecule has 1 aliphatic rings. The molecule has 0 aromatic carbocycles. The zero-order valence-electron chi connectivity index (χ0n) is 12.3. The van der Waals surface area contributed by atoms with E-state index in [0.717, 1.165) is 12.8 Å². The van der Waals surface area contributed by atoms with Crippen molar-refractivity contribution >= 4 is 5.97 Å². The third-order valence-corrected chi connectivity index (χ3v) is 4.13. The van der Waals surface area contributed by atoms with Gasteiger partial charge in [-0.25, -0.2) is 0 Å². The third-order valence-electron chi connectivity index (χ3n) is 4.13. The highest BCUT2D eigenvalue weighted by molar-refractivity contribution is 5.75. The Morgan fingerprint density at radius 2 is 2.06 bits per heavy atom. The normalized spacial score (nSPS) is 30.2. The summed E-state index contributed by atoms with van der Waals surface area (Å²) in [4.78, 5) is 11.9. The first-order chi connectivity index (χ1) is 8.45. The Morgan fingerprint density at radius 3 is 2.61 bits per heavy atom. The molecule has 0 heterocycles. The summed E-state index contributed by atoms with van der Waals surface area (Å²) < 4.78 is 5.69. The number of nitrogens with two attached hydrogens (primary N) is 1. The molecule has 0 bridgehead atoms. The summed E-state index contributed by atoms with van der Waals surface area (Å²) in [7, 11) is 0. The summed E-state index contributed by atoms with van der Waals surface area (Å²) >= 11 is 0. The van der Waals surface area contributed by atoms with Gasteiger partial charge >= 0.3 is 5.97 Å². The Labute approximate surface area is 111 Å². The van der Waals surface area contributed by atoms with Gasteiger partial charge in [0.15, 0.2) is 0 Å². The van der Waals surface area contributed by atoms with Crippen LogP contribution in [0.4, 0.5) is 0 Å². The highest BCUT2D eigenvalue weighted by Crippen LogP contribution is 2.35. The van der Waals surface area contributed by atoms with Gasteiger partial charge in [0.25, 0.3) is 0 Å². The van der Waals surface area contributed by atoms with E-state index in [0.29, 0.717) is 24.2 Å². The third kappa shape index (κ3) is 4.27. The summed E-state index contributed by atoms with van der Waals surface area (Å²) in [5.41, 5.74) is 5.83. The predicted octanol–water partition coefficient (Wildman–Crippen LogP) is 3.12. The largest absolute Gasteiger partial charge is 0.461 e. The molecule has 3 nitrogen and oxygen atoms in total. The van der Waals surface area contributed by atoms with E-state index in [2.05, 4.69) is 20.8 Å². The lowest BCUT2D eigenvalue weighted by atomic mass is 9.75. The molecule has 0 saturated heterocycles. The molecule has 1 saturated carbocycles. The van der Waals surface area contributed by atoms with E-state index in [-0.39, 0.29) is 12.1 Å². The molecule has 0 aliphatic heterocycles. The van der Waals surface area contributed by atoms with Crippen molar-refractivity contribution in [1.29, 1.82) is 0 Å². The van der Waals surface area contributed by atoms with E-state index >= 15 is 0 Å². The van der Waals surface area contributed by atoms with Crippen LogP contribution in [0, 0.1) is 17.8 Å². The molecular weight excluding hydrogens is 226 g/mol. The van der Waals surface area contributed by atoms with Crippen molar-refractivity contribution in [3.63, 3.8) is 0 Å². The second-order valence-corrected chi connectivity index (χ2v) is 6.20. The van der Waals surface area contributed by atoms with Crippen molar-refractivity contribution in [2.45, 2.75) is 71.9 Å². The van der Waals surface area contributed by atoms with E-state index in [4.69, 9.17) is 10.5 Å². The monoisotopic (exact) mass is 255 g/mol. The Balaban J connectivity index is 2.57. The Hall–Kier alpha value is -0.570. The summed E-state index contributed by atoms with van der Waals surface area (Å²) in [6.45, 7) is 8.71. The van der Waals surface area contributed by atoms with Crippen LogP contribution in [0.3, 0.4) is 0 Å². The SMILES string of the molecule is CCC[C@@H](N)C(=O)OC1CC(C)CCC1C(C)C. The minimum absolute atomic E-state index is 0.0733. The van der Waals surface area contributed by atoms with E-state index in [1.54, 1.807) is 0 Å². The maximum absolute atomic E-state index is 11.9. The molecule has 1 fully saturated rings. The van der Waals surface area contributed by atoms with Gasteiger partial charge in [0, 0.05) is 0 Å².